The number of amides is 1. The summed E-state index contributed by atoms with van der Waals surface area (Å²) in [6.07, 6.45) is 0.996. The fourth-order valence-corrected chi connectivity index (χ4v) is 4.28. The fraction of sp³-hybridized carbons (Fsp3) is 0.409. The quantitative estimate of drug-likeness (QED) is 0.763. The van der Waals surface area contributed by atoms with Crippen LogP contribution in [0.15, 0.2) is 48.5 Å². The van der Waals surface area contributed by atoms with Crippen molar-refractivity contribution in [2.75, 3.05) is 10.6 Å². The Balaban J connectivity index is 2.21. The van der Waals surface area contributed by atoms with Crippen LogP contribution >= 0.6 is 0 Å². The zero-order valence-corrected chi connectivity index (χ0v) is 18.5. The summed E-state index contributed by atoms with van der Waals surface area (Å²) in [6.45, 7) is 9.70. The van der Waals surface area contributed by atoms with Gasteiger partial charge in [-0.05, 0) is 48.6 Å². The van der Waals surface area contributed by atoms with Gasteiger partial charge in [0.1, 0.15) is 11.9 Å². The minimum Gasteiger partial charge on any atom is -0.348 e. The highest BCUT2D eigenvalue weighted by Crippen LogP contribution is 2.25. The lowest BCUT2D eigenvalue weighted by molar-refractivity contribution is -0.122. The van der Waals surface area contributed by atoms with Gasteiger partial charge in [-0.3, -0.25) is 9.10 Å². The maximum atomic E-state index is 13.6. The minimum absolute atomic E-state index is 0.0282. The Morgan fingerprint density at radius 1 is 1.07 bits per heavy atom. The summed E-state index contributed by atoms with van der Waals surface area (Å²) < 4.78 is 39.1. The van der Waals surface area contributed by atoms with Crippen LogP contribution in [0.5, 0.6) is 0 Å². The van der Waals surface area contributed by atoms with Gasteiger partial charge in [0.25, 0.3) is 0 Å². The molecule has 7 heteroatoms. The monoisotopic (exact) mass is 420 g/mol. The Morgan fingerprint density at radius 2 is 1.66 bits per heavy atom. The van der Waals surface area contributed by atoms with E-state index < -0.39 is 27.8 Å². The predicted octanol–water partition coefficient (Wildman–Crippen LogP) is 4.16. The molecule has 2 atom stereocenters. The molecule has 0 aliphatic heterocycles. The maximum absolute atomic E-state index is 13.6. The lowest BCUT2D eigenvalue weighted by Gasteiger charge is -2.29. The molecule has 29 heavy (non-hydrogen) atoms. The molecular weight excluding hydrogens is 391 g/mol. The van der Waals surface area contributed by atoms with Crippen molar-refractivity contribution in [3.05, 3.63) is 65.5 Å². The smallest absolute Gasteiger partial charge is 0.244 e. The number of anilines is 1. The molecule has 0 heterocycles. The van der Waals surface area contributed by atoms with Gasteiger partial charge in [-0.15, -0.1) is 0 Å². The van der Waals surface area contributed by atoms with Crippen LogP contribution in [0.4, 0.5) is 10.1 Å². The molecule has 0 aliphatic carbocycles. The highest BCUT2D eigenvalue weighted by atomic mass is 32.2. The summed E-state index contributed by atoms with van der Waals surface area (Å²) in [5.74, 6) is -1.04. The molecule has 2 rings (SSSR count). The molecule has 0 bridgehead atoms. The number of hydrogen-bond acceptors (Lipinski definition) is 3. The second kappa shape index (κ2) is 8.53. The van der Waals surface area contributed by atoms with Crippen molar-refractivity contribution < 1.29 is 17.6 Å². The molecule has 158 valence electrons. The van der Waals surface area contributed by atoms with Crippen LogP contribution < -0.4 is 9.62 Å². The SMILES string of the molecule is C[C@H](NC(=O)[C@@H](C)N(c1cccc(F)c1)S(C)(=O)=O)c1ccc(C(C)(C)C)cc1. The van der Waals surface area contributed by atoms with Crippen molar-refractivity contribution in [3.63, 3.8) is 0 Å². The van der Waals surface area contributed by atoms with E-state index in [-0.39, 0.29) is 17.1 Å². The third-order valence-electron chi connectivity index (χ3n) is 4.79. The van der Waals surface area contributed by atoms with Crippen LogP contribution in [0.1, 0.15) is 51.8 Å². The van der Waals surface area contributed by atoms with Gasteiger partial charge in [-0.1, -0.05) is 51.1 Å². The molecular formula is C22H29FN2O3S. The van der Waals surface area contributed by atoms with Crippen LogP contribution in [0, 0.1) is 5.82 Å². The van der Waals surface area contributed by atoms with E-state index in [1.54, 1.807) is 0 Å². The summed E-state index contributed by atoms with van der Waals surface area (Å²) in [5, 5.41) is 2.85. The van der Waals surface area contributed by atoms with Gasteiger partial charge in [0.15, 0.2) is 0 Å². The summed E-state index contributed by atoms with van der Waals surface area (Å²) in [5.41, 5.74) is 2.23. The second-order valence-electron chi connectivity index (χ2n) is 8.32. The highest BCUT2D eigenvalue weighted by Gasteiger charge is 2.30. The van der Waals surface area contributed by atoms with Gasteiger partial charge in [-0.25, -0.2) is 12.8 Å². The number of carbonyl (C=O) groups is 1. The first-order valence-corrected chi connectivity index (χ1v) is 11.3. The first kappa shape index (κ1) is 22.9. The number of nitrogens with zero attached hydrogens (tertiary/aromatic N) is 1. The first-order chi connectivity index (χ1) is 13.3. The summed E-state index contributed by atoms with van der Waals surface area (Å²) in [4.78, 5) is 12.8. The van der Waals surface area contributed by atoms with E-state index in [1.807, 2.05) is 31.2 Å². The van der Waals surface area contributed by atoms with Crippen LogP contribution in [0.2, 0.25) is 0 Å². The van der Waals surface area contributed by atoms with Crippen molar-refractivity contribution >= 4 is 21.6 Å². The van der Waals surface area contributed by atoms with Crippen LogP contribution in [-0.4, -0.2) is 26.6 Å². The van der Waals surface area contributed by atoms with E-state index in [0.29, 0.717) is 0 Å². The number of rotatable bonds is 6. The summed E-state index contributed by atoms with van der Waals surface area (Å²) in [6, 6.07) is 11.8. The Kier molecular flexibility index (Phi) is 6.73. The molecule has 0 fully saturated rings. The topological polar surface area (TPSA) is 66.5 Å². The Morgan fingerprint density at radius 3 is 2.14 bits per heavy atom. The van der Waals surface area contributed by atoms with Crippen molar-refractivity contribution in [3.8, 4) is 0 Å². The second-order valence-corrected chi connectivity index (χ2v) is 10.2. The highest BCUT2D eigenvalue weighted by molar-refractivity contribution is 7.92. The zero-order valence-electron chi connectivity index (χ0n) is 17.7. The predicted molar refractivity (Wildman–Crippen MR) is 115 cm³/mol. The van der Waals surface area contributed by atoms with Gasteiger partial charge in [0.2, 0.25) is 15.9 Å². The van der Waals surface area contributed by atoms with Crippen molar-refractivity contribution in [2.45, 2.75) is 52.1 Å². The molecule has 0 unspecified atom stereocenters. The Labute approximate surface area is 173 Å². The molecule has 0 radical (unpaired) electrons. The minimum atomic E-state index is -3.80. The van der Waals surface area contributed by atoms with Crippen LogP contribution in [-0.2, 0) is 20.2 Å². The van der Waals surface area contributed by atoms with Gasteiger partial charge in [0.05, 0.1) is 18.0 Å². The molecule has 1 N–H and O–H groups in total. The van der Waals surface area contributed by atoms with E-state index in [1.165, 1.54) is 30.7 Å². The Bertz CT molecular complexity index is 966. The van der Waals surface area contributed by atoms with E-state index >= 15 is 0 Å². The van der Waals surface area contributed by atoms with Crippen molar-refractivity contribution in [1.82, 2.24) is 5.32 Å². The van der Waals surface area contributed by atoms with Crippen molar-refractivity contribution in [2.24, 2.45) is 0 Å². The first-order valence-electron chi connectivity index (χ1n) is 9.46. The molecule has 1 amide bonds. The lowest BCUT2D eigenvalue weighted by Crippen LogP contribution is -2.48. The zero-order chi connectivity index (χ0) is 22.0. The van der Waals surface area contributed by atoms with Crippen LogP contribution in [0.25, 0.3) is 0 Å². The Hall–Kier alpha value is -2.41. The molecule has 0 saturated carbocycles. The molecule has 0 saturated heterocycles. The van der Waals surface area contributed by atoms with Crippen molar-refractivity contribution in [1.29, 1.82) is 0 Å². The average molecular weight is 421 g/mol. The lowest BCUT2D eigenvalue weighted by atomic mass is 9.86. The number of halogens is 1. The van der Waals surface area contributed by atoms with Gasteiger partial charge in [0, 0.05) is 0 Å². The van der Waals surface area contributed by atoms with E-state index in [2.05, 4.69) is 26.1 Å². The molecule has 0 aliphatic rings. The molecule has 0 spiro atoms. The number of carbonyl (C=O) groups excluding carboxylic acids is 1. The third-order valence-corrected chi connectivity index (χ3v) is 6.03. The van der Waals surface area contributed by atoms with E-state index in [9.17, 15) is 17.6 Å². The van der Waals surface area contributed by atoms with E-state index in [4.69, 9.17) is 0 Å². The fourth-order valence-electron chi connectivity index (χ4n) is 3.11. The number of sulfonamides is 1. The largest absolute Gasteiger partial charge is 0.348 e. The average Bonchev–Trinajstić information content (AvgIpc) is 2.60. The number of benzene rings is 2. The normalized spacial score (nSPS) is 14.2. The number of hydrogen-bond donors (Lipinski definition) is 1. The summed E-state index contributed by atoms with van der Waals surface area (Å²) in [7, 11) is -3.80. The van der Waals surface area contributed by atoms with Gasteiger partial charge in [-0.2, -0.15) is 0 Å². The van der Waals surface area contributed by atoms with Crippen LogP contribution in [0.3, 0.4) is 0 Å². The molecule has 2 aromatic carbocycles. The molecule has 0 aromatic heterocycles. The van der Waals surface area contributed by atoms with E-state index in [0.717, 1.165) is 22.2 Å². The maximum Gasteiger partial charge on any atom is 0.244 e. The van der Waals surface area contributed by atoms with Gasteiger partial charge < -0.3 is 5.32 Å². The van der Waals surface area contributed by atoms with Gasteiger partial charge >= 0.3 is 0 Å². The molecule has 2 aromatic rings. The molecule has 5 nitrogen and oxygen atoms in total. The third kappa shape index (κ3) is 5.79. The standard InChI is InChI=1S/C22H29FN2O3S/c1-15(17-10-12-18(13-11-17)22(3,4)5)24-21(26)16(2)25(29(6,27)28)20-9-7-8-19(23)14-20/h7-16H,1-6H3,(H,24,26)/t15-,16+/m0/s1. The number of nitrogens with one attached hydrogen (secondary N) is 1. The summed E-state index contributed by atoms with van der Waals surface area (Å²) >= 11 is 0.